The first kappa shape index (κ1) is 20.7. The number of amides is 1. The number of hydrogen-bond acceptors (Lipinski definition) is 4. The second-order valence-corrected chi connectivity index (χ2v) is 8.47. The molecule has 0 spiro atoms. The van der Waals surface area contributed by atoms with Gasteiger partial charge in [-0.25, -0.2) is 4.98 Å². The molecule has 156 valence electrons. The molecule has 3 aromatic rings. The fourth-order valence-electron chi connectivity index (χ4n) is 3.70. The number of hydrogen-bond donors (Lipinski definition) is 1. The van der Waals surface area contributed by atoms with Crippen LogP contribution in [0.15, 0.2) is 54.6 Å². The van der Waals surface area contributed by atoms with E-state index in [1.165, 1.54) is 10.5 Å². The summed E-state index contributed by atoms with van der Waals surface area (Å²) in [7, 11) is 0. The number of anilines is 1. The van der Waals surface area contributed by atoms with Crippen molar-refractivity contribution in [1.82, 2.24) is 4.98 Å². The molecule has 6 heteroatoms. The first-order valence-corrected chi connectivity index (χ1v) is 11.4. The lowest BCUT2D eigenvalue weighted by atomic mass is 10.1. The second-order valence-electron chi connectivity index (χ2n) is 7.46. The summed E-state index contributed by atoms with van der Waals surface area (Å²) in [6.07, 6.45) is 4.47. The van der Waals surface area contributed by atoms with Crippen molar-refractivity contribution >= 4 is 38.7 Å². The summed E-state index contributed by atoms with van der Waals surface area (Å²) < 4.78 is 6.60. The number of benzene rings is 2. The molecule has 1 aromatic heterocycles. The van der Waals surface area contributed by atoms with Gasteiger partial charge in [0.05, 0.1) is 36.5 Å². The van der Waals surface area contributed by atoms with Crippen LogP contribution in [0.25, 0.3) is 16.3 Å². The number of carbonyl (C=O) groups is 1. The van der Waals surface area contributed by atoms with Crippen molar-refractivity contribution in [3.63, 3.8) is 0 Å². The summed E-state index contributed by atoms with van der Waals surface area (Å²) in [6, 6.07) is 16.2. The van der Waals surface area contributed by atoms with Gasteiger partial charge >= 0.3 is 0 Å². The van der Waals surface area contributed by atoms with Crippen LogP contribution in [-0.4, -0.2) is 50.3 Å². The van der Waals surface area contributed by atoms with E-state index in [2.05, 4.69) is 25.1 Å². The highest BCUT2D eigenvalue weighted by Gasteiger charge is 2.22. The van der Waals surface area contributed by atoms with Gasteiger partial charge < -0.3 is 9.64 Å². The number of carbonyl (C=O) groups excluding carboxylic acids is 1. The molecule has 1 N–H and O–H groups in total. The van der Waals surface area contributed by atoms with E-state index in [4.69, 9.17) is 9.72 Å². The van der Waals surface area contributed by atoms with Crippen LogP contribution in [0.2, 0.25) is 0 Å². The van der Waals surface area contributed by atoms with Crippen LogP contribution in [0.5, 0.6) is 0 Å². The van der Waals surface area contributed by atoms with Gasteiger partial charge in [0.1, 0.15) is 13.1 Å². The Hall–Kier alpha value is -2.54. The van der Waals surface area contributed by atoms with Gasteiger partial charge in [0.2, 0.25) is 0 Å². The highest BCUT2D eigenvalue weighted by atomic mass is 32.1. The molecule has 2 heterocycles. The minimum atomic E-state index is -0.0244. The molecule has 4 rings (SSSR count). The van der Waals surface area contributed by atoms with Crippen LogP contribution >= 0.6 is 11.3 Å². The quantitative estimate of drug-likeness (QED) is 0.596. The van der Waals surface area contributed by atoms with Gasteiger partial charge in [-0.2, -0.15) is 0 Å². The number of quaternary nitrogens is 1. The molecule has 0 atom stereocenters. The summed E-state index contributed by atoms with van der Waals surface area (Å²) in [6.45, 7) is 7.24. The number of ether oxygens (including phenoxy) is 1. The Morgan fingerprint density at radius 1 is 1.17 bits per heavy atom. The maximum Gasteiger partial charge on any atom is 0.252 e. The number of aryl methyl sites for hydroxylation is 1. The van der Waals surface area contributed by atoms with Crippen LogP contribution in [0, 0.1) is 0 Å². The SMILES string of the molecule is CCc1cccc2sc(N(CC[NH+]3CCOCC3)C(=O)/C=C/c3ccccc3)nc12. The maximum absolute atomic E-state index is 13.2. The third-order valence-corrected chi connectivity index (χ3v) is 6.52. The molecule has 0 aliphatic carbocycles. The summed E-state index contributed by atoms with van der Waals surface area (Å²) in [5, 5.41) is 0.779. The lowest BCUT2D eigenvalue weighted by molar-refractivity contribution is -0.906. The highest BCUT2D eigenvalue weighted by Crippen LogP contribution is 2.31. The average molecular weight is 423 g/mol. The molecule has 0 bridgehead atoms. The summed E-state index contributed by atoms with van der Waals surface area (Å²) in [4.78, 5) is 21.4. The minimum Gasteiger partial charge on any atom is -0.370 e. The van der Waals surface area contributed by atoms with Gasteiger partial charge in [-0.1, -0.05) is 60.7 Å². The fraction of sp³-hybridized carbons (Fsp3) is 0.333. The predicted molar refractivity (Wildman–Crippen MR) is 123 cm³/mol. The molecule has 2 aromatic carbocycles. The summed E-state index contributed by atoms with van der Waals surface area (Å²) >= 11 is 1.60. The zero-order chi connectivity index (χ0) is 20.8. The molecular weight excluding hydrogens is 394 g/mol. The van der Waals surface area contributed by atoms with Crippen LogP contribution < -0.4 is 9.80 Å². The molecule has 1 aliphatic heterocycles. The Morgan fingerprint density at radius 2 is 1.97 bits per heavy atom. The number of aromatic nitrogens is 1. The van der Waals surface area contributed by atoms with Crippen molar-refractivity contribution in [3.8, 4) is 0 Å². The highest BCUT2D eigenvalue weighted by molar-refractivity contribution is 7.22. The van der Waals surface area contributed by atoms with Gasteiger partial charge in [-0.3, -0.25) is 9.69 Å². The normalized spacial score (nSPS) is 15.1. The van der Waals surface area contributed by atoms with E-state index in [9.17, 15) is 4.79 Å². The topological polar surface area (TPSA) is 46.9 Å². The minimum absolute atomic E-state index is 0.0244. The molecule has 1 amide bonds. The number of thiazole rings is 1. The zero-order valence-electron chi connectivity index (χ0n) is 17.3. The van der Waals surface area contributed by atoms with Crippen LogP contribution in [0.1, 0.15) is 18.1 Å². The van der Waals surface area contributed by atoms with E-state index in [0.29, 0.717) is 6.54 Å². The van der Waals surface area contributed by atoms with E-state index in [1.54, 1.807) is 17.4 Å². The van der Waals surface area contributed by atoms with Gasteiger partial charge in [0.15, 0.2) is 5.13 Å². The van der Waals surface area contributed by atoms with Crippen molar-refractivity contribution in [2.75, 3.05) is 44.3 Å². The first-order chi connectivity index (χ1) is 14.7. The van der Waals surface area contributed by atoms with Crippen LogP contribution in [0.4, 0.5) is 5.13 Å². The van der Waals surface area contributed by atoms with E-state index in [-0.39, 0.29) is 5.91 Å². The molecule has 0 saturated carbocycles. The Bertz CT molecular complexity index is 1010. The van der Waals surface area contributed by atoms with Gasteiger partial charge in [0, 0.05) is 6.08 Å². The molecular formula is C24H28N3O2S+. The Balaban J connectivity index is 1.59. The third kappa shape index (κ3) is 4.95. The lowest BCUT2D eigenvalue weighted by Gasteiger charge is -2.26. The standard InChI is InChI=1S/C24H27N3O2S/c1-2-20-9-6-10-21-23(20)25-24(30-21)27(14-13-26-15-17-29-18-16-26)22(28)12-11-19-7-4-3-5-8-19/h3-12H,2,13-18H2,1H3/p+1/b12-11+. The van der Waals surface area contributed by atoms with Crippen LogP contribution in [0.3, 0.4) is 0 Å². The van der Waals surface area contributed by atoms with Gasteiger partial charge in [0.25, 0.3) is 5.91 Å². The molecule has 5 nitrogen and oxygen atoms in total. The van der Waals surface area contributed by atoms with Crippen molar-refractivity contribution in [2.24, 2.45) is 0 Å². The number of nitrogens with one attached hydrogen (secondary N) is 1. The van der Waals surface area contributed by atoms with E-state index in [1.807, 2.05) is 41.3 Å². The fourth-order valence-corrected chi connectivity index (χ4v) is 4.74. The van der Waals surface area contributed by atoms with Gasteiger partial charge in [-0.05, 0) is 29.7 Å². The molecule has 1 aliphatic rings. The maximum atomic E-state index is 13.2. The molecule has 1 saturated heterocycles. The Kier molecular flexibility index (Phi) is 6.89. The first-order valence-electron chi connectivity index (χ1n) is 10.6. The largest absolute Gasteiger partial charge is 0.370 e. The van der Waals surface area contributed by atoms with E-state index < -0.39 is 0 Å². The zero-order valence-corrected chi connectivity index (χ0v) is 18.2. The number of fused-ring (bicyclic) bond motifs is 1. The van der Waals surface area contributed by atoms with Crippen molar-refractivity contribution < 1.29 is 14.4 Å². The number of nitrogens with zero attached hydrogens (tertiary/aromatic N) is 2. The van der Waals surface area contributed by atoms with Crippen molar-refractivity contribution in [1.29, 1.82) is 0 Å². The Labute approximate surface area is 181 Å². The third-order valence-electron chi connectivity index (χ3n) is 5.48. The van der Waals surface area contributed by atoms with E-state index in [0.717, 1.165) is 60.2 Å². The monoisotopic (exact) mass is 422 g/mol. The van der Waals surface area contributed by atoms with Crippen LogP contribution in [-0.2, 0) is 16.0 Å². The molecule has 0 unspecified atom stereocenters. The Morgan fingerprint density at radius 3 is 2.73 bits per heavy atom. The predicted octanol–water partition coefficient (Wildman–Crippen LogP) is 2.82. The second kappa shape index (κ2) is 9.98. The van der Waals surface area contributed by atoms with E-state index >= 15 is 0 Å². The van der Waals surface area contributed by atoms with Crippen molar-refractivity contribution in [3.05, 3.63) is 65.7 Å². The lowest BCUT2D eigenvalue weighted by Crippen LogP contribution is -3.14. The summed E-state index contributed by atoms with van der Waals surface area (Å²) in [5.74, 6) is -0.0244. The summed E-state index contributed by atoms with van der Waals surface area (Å²) in [5.41, 5.74) is 3.26. The molecule has 30 heavy (non-hydrogen) atoms. The number of rotatable bonds is 7. The molecule has 1 fully saturated rings. The number of morpholine rings is 1. The smallest absolute Gasteiger partial charge is 0.252 e. The number of para-hydroxylation sites is 1. The average Bonchev–Trinajstić information content (AvgIpc) is 3.23. The van der Waals surface area contributed by atoms with Gasteiger partial charge in [-0.15, -0.1) is 0 Å². The van der Waals surface area contributed by atoms with Crippen molar-refractivity contribution in [2.45, 2.75) is 13.3 Å². The molecule has 0 radical (unpaired) electrons.